The van der Waals surface area contributed by atoms with Crippen molar-refractivity contribution in [1.82, 2.24) is 10.1 Å². The Hall–Kier alpha value is -2.70. The number of para-hydroxylation sites is 1. The van der Waals surface area contributed by atoms with Gasteiger partial charge in [-0.05, 0) is 25.5 Å². The molecule has 21 heavy (non-hydrogen) atoms. The number of benzene rings is 1. The van der Waals surface area contributed by atoms with Gasteiger partial charge >= 0.3 is 5.97 Å². The van der Waals surface area contributed by atoms with E-state index < -0.39 is 17.8 Å². The predicted molar refractivity (Wildman–Crippen MR) is 72.3 cm³/mol. The number of nitrogens with zero attached hydrogens (tertiary/aromatic N) is 2. The van der Waals surface area contributed by atoms with E-state index in [-0.39, 0.29) is 5.91 Å². The number of carbonyl (C=O) groups excluding carboxylic acids is 1. The molecule has 0 bridgehead atoms. The van der Waals surface area contributed by atoms with Crippen molar-refractivity contribution in [2.75, 3.05) is 5.32 Å². The fraction of sp³-hybridized carbons (Fsp3) is 0.286. The van der Waals surface area contributed by atoms with Crippen LogP contribution in [0.3, 0.4) is 0 Å². The number of aliphatic carboxylic acids is 1. The molecule has 3 rings (SSSR count). The first kappa shape index (κ1) is 13.3. The number of hydrogen-bond donors (Lipinski definition) is 2. The number of aryl methyl sites for hydroxylation is 1. The molecule has 0 radical (unpaired) electrons. The number of rotatable bonds is 4. The lowest BCUT2D eigenvalue weighted by molar-refractivity contribution is -0.139. The van der Waals surface area contributed by atoms with Crippen molar-refractivity contribution in [2.24, 2.45) is 11.8 Å². The van der Waals surface area contributed by atoms with Gasteiger partial charge in [-0.25, -0.2) is 0 Å². The van der Waals surface area contributed by atoms with E-state index in [4.69, 9.17) is 9.63 Å². The molecule has 2 aromatic rings. The molecule has 7 nitrogen and oxygen atoms in total. The van der Waals surface area contributed by atoms with E-state index in [1.165, 1.54) is 0 Å². The smallest absolute Gasteiger partial charge is 0.307 e. The molecule has 1 saturated carbocycles. The molecular weight excluding hydrogens is 274 g/mol. The van der Waals surface area contributed by atoms with Gasteiger partial charge in [-0.1, -0.05) is 17.3 Å². The maximum atomic E-state index is 12.0. The Morgan fingerprint density at radius 1 is 1.33 bits per heavy atom. The summed E-state index contributed by atoms with van der Waals surface area (Å²) < 4.78 is 5.10. The summed E-state index contributed by atoms with van der Waals surface area (Å²) in [5.41, 5.74) is 1.14. The Morgan fingerprint density at radius 3 is 2.71 bits per heavy atom. The molecule has 108 valence electrons. The molecule has 2 N–H and O–H groups in total. The van der Waals surface area contributed by atoms with Crippen LogP contribution < -0.4 is 5.32 Å². The standard InChI is InChI=1S/C14H13N3O4/c1-7-15-13(21-17-7)8-4-2-3-5-11(8)16-12(18)9-6-10(9)14(19)20/h2-5,9-10H,6H2,1H3,(H,16,18)(H,19,20)/t9-,10+/m1/s1. The Bertz CT molecular complexity index is 710. The molecule has 0 aliphatic heterocycles. The zero-order valence-corrected chi connectivity index (χ0v) is 11.2. The Balaban J connectivity index is 1.80. The van der Waals surface area contributed by atoms with Crippen molar-refractivity contribution < 1.29 is 19.2 Å². The number of carboxylic acid groups (broad SMARTS) is 1. The Morgan fingerprint density at radius 2 is 2.10 bits per heavy atom. The lowest BCUT2D eigenvalue weighted by atomic mass is 10.1. The monoisotopic (exact) mass is 287 g/mol. The van der Waals surface area contributed by atoms with Crippen molar-refractivity contribution in [2.45, 2.75) is 13.3 Å². The van der Waals surface area contributed by atoms with E-state index in [1.54, 1.807) is 31.2 Å². The fourth-order valence-electron chi connectivity index (χ4n) is 2.17. The van der Waals surface area contributed by atoms with Crippen molar-refractivity contribution in [3.8, 4) is 11.5 Å². The average molecular weight is 287 g/mol. The van der Waals surface area contributed by atoms with Gasteiger partial charge in [0.2, 0.25) is 5.91 Å². The topological polar surface area (TPSA) is 105 Å². The minimum absolute atomic E-state index is 0.300. The van der Waals surface area contributed by atoms with Crippen molar-refractivity contribution in [1.29, 1.82) is 0 Å². The molecule has 1 aromatic heterocycles. The maximum Gasteiger partial charge on any atom is 0.307 e. The third-order valence-corrected chi connectivity index (χ3v) is 3.39. The van der Waals surface area contributed by atoms with E-state index >= 15 is 0 Å². The van der Waals surface area contributed by atoms with Crippen LogP contribution in [0.1, 0.15) is 12.2 Å². The van der Waals surface area contributed by atoms with Crippen LogP contribution in [0.25, 0.3) is 11.5 Å². The van der Waals surface area contributed by atoms with Crippen LogP contribution in [-0.4, -0.2) is 27.1 Å². The van der Waals surface area contributed by atoms with E-state index in [9.17, 15) is 9.59 Å². The second-order valence-corrected chi connectivity index (χ2v) is 4.97. The third kappa shape index (κ3) is 2.62. The SMILES string of the molecule is Cc1noc(-c2ccccc2NC(=O)[C@@H]2C[C@@H]2C(=O)O)n1. The predicted octanol–water partition coefficient (Wildman–Crippen LogP) is 1.70. The van der Waals surface area contributed by atoms with Crippen LogP contribution in [0.5, 0.6) is 0 Å². The molecular formula is C14H13N3O4. The summed E-state index contributed by atoms with van der Waals surface area (Å²) in [5, 5.41) is 15.3. The zero-order valence-electron chi connectivity index (χ0n) is 11.2. The van der Waals surface area contributed by atoms with Crippen LogP contribution >= 0.6 is 0 Å². The molecule has 7 heteroatoms. The van der Waals surface area contributed by atoms with Gasteiger partial charge in [0.15, 0.2) is 5.82 Å². The van der Waals surface area contributed by atoms with Crippen molar-refractivity contribution in [3.63, 3.8) is 0 Å². The Kier molecular flexibility index (Phi) is 3.17. The highest BCUT2D eigenvalue weighted by Crippen LogP contribution is 2.40. The molecule has 1 aliphatic rings. The lowest BCUT2D eigenvalue weighted by Crippen LogP contribution is -2.17. The molecule has 1 amide bonds. The zero-order chi connectivity index (χ0) is 15.0. The van der Waals surface area contributed by atoms with Gasteiger partial charge in [0.1, 0.15) is 0 Å². The van der Waals surface area contributed by atoms with E-state index in [2.05, 4.69) is 15.5 Å². The summed E-state index contributed by atoms with van der Waals surface area (Å²) in [6, 6.07) is 7.03. The fourth-order valence-corrected chi connectivity index (χ4v) is 2.17. The van der Waals surface area contributed by atoms with E-state index in [0.717, 1.165) is 0 Å². The molecule has 0 saturated heterocycles. The highest BCUT2D eigenvalue weighted by Gasteiger charge is 2.48. The second-order valence-electron chi connectivity index (χ2n) is 4.97. The van der Waals surface area contributed by atoms with Gasteiger partial charge in [0.05, 0.1) is 23.1 Å². The number of carboxylic acids is 1. The number of anilines is 1. The van der Waals surface area contributed by atoms with E-state index in [1.807, 2.05) is 0 Å². The second kappa shape index (κ2) is 5.01. The first-order valence-corrected chi connectivity index (χ1v) is 6.49. The lowest BCUT2D eigenvalue weighted by Gasteiger charge is -2.07. The van der Waals surface area contributed by atoms with Gasteiger partial charge in [-0.3, -0.25) is 9.59 Å². The largest absolute Gasteiger partial charge is 0.481 e. The highest BCUT2D eigenvalue weighted by molar-refractivity contribution is 6.00. The average Bonchev–Trinajstić information content (AvgIpc) is 3.16. The summed E-state index contributed by atoms with van der Waals surface area (Å²) in [7, 11) is 0. The van der Waals surface area contributed by atoms with Crippen molar-refractivity contribution >= 4 is 17.6 Å². The van der Waals surface area contributed by atoms with Crippen molar-refractivity contribution in [3.05, 3.63) is 30.1 Å². The number of aromatic nitrogens is 2. The van der Waals surface area contributed by atoms with Gasteiger partial charge in [0, 0.05) is 0 Å². The van der Waals surface area contributed by atoms with Gasteiger partial charge in [0.25, 0.3) is 5.89 Å². The molecule has 1 fully saturated rings. The third-order valence-electron chi connectivity index (χ3n) is 3.39. The number of amides is 1. The molecule has 0 unspecified atom stereocenters. The maximum absolute atomic E-state index is 12.0. The van der Waals surface area contributed by atoms with Gasteiger partial charge < -0.3 is 14.9 Å². The summed E-state index contributed by atoms with van der Waals surface area (Å²) >= 11 is 0. The normalized spacial score (nSPS) is 20.0. The van der Waals surface area contributed by atoms with Gasteiger partial charge in [-0.2, -0.15) is 4.98 Å². The number of carbonyl (C=O) groups is 2. The summed E-state index contributed by atoms with van der Waals surface area (Å²) in [6.07, 6.45) is 0.378. The molecule has 2 atom stereocenters. The van der Waals surface area contributed by atoms with Gasteiger partial charge in [-0.15, -0.1) is 0 Å². The summed E-state index contributed by atoms with van der Waals surface area (Å²) in [5.74, 6) is -1.47. The molecule has 0 spiro atoms. The molecule has 1 aromatic carbocycles. The van der Waals surface area contributed by atoms with Crippen LogP contribution in [0.4, 0.5) is 5.69 Å². The minimum atomic E-state index is -0.934. The van der Waals surface area contributed by atoms with Crippen LogP contribution in [0, 0.1) is 18.8 Å². The quantitative estimate of drug-likeness (QED) is 0.886. The summed E-state index contributed by atoms with van der Waals surface area (Å²) in [6.45, 7) is 1.70. The number of hydrogen-bond acceptors (Lipinski definition) is 5. The van der Waals surface area contributed by atoms with E-state index in [0.29, 0.717) is 29.4 Å². The molecule has 1 aliphatic carbocycles. The highest BCUT2D eigenvalue weighted by atomic mass is 16.5. The number of nitrogens with one attached hydrogen (secondary N) is 1. The first-order chi connectivity index (χ1) is 10.1. The van der Waals surface area contributed by atoms with Crippen LogP contribution in [0.15, 0.2) is 28.8 Å². The van der Waals surface area contributed by atoms with Crippen LogP contribution in [-0.2, 0) is 9.59 Å². The Labute approximate surface area is 120 Å². The summed E-state index contributed by atoms with van der Waals surface area (Å²) in [4.78, 5) is 27.0. The minimum Gasteiger partial charge on any atom is -0.481 e. The van der Waals surface area contributed by atoms with Crippen LogP contribution in [0.2, 0.25) is 0 Å². The molecule has 1 heterocycles. The first-order valence-electron chi connectivity index (χ1n) is 6.49.